The fourth-order valence-electron chi connectivity index (χ4n) is 2.97. The molecule has 0 spiro atoms. The van der Waals surface area contributed by atoms with E-state index < -0.39 is 34.3 Å². The van der Waals surface area contributed by atoms with E-state index in [4.69, 9.17) is 4.74 Å². The Kier molecular flexibility index (Phi) is 9.22. The van der Waals surface area contributed by atoms with Crippen molar-refractivity contribution < 1.29 is 61.6 Å². The van der Waals surface area contributed by atoms with Crippen LogP contribution in [-0.4, -0.2) is 47.8 Å². The van der Waals surface area contributed by atoms with Crippen molar-refractivity contribution >= 4 is 28.2 Å². The Morgan fingerprint density at radius 2 is 1.69 bits per heavy atom. The first kappa shape index (κ1) is 25.8. The second-order valence-corrected chi connectivity index (χ2v) is 8.10. The van der Waals surface area contributed by atoms with Crippen molar-refractivity contribution in [3.05, 3.63) is 71.3 Å². The maximum absolute atomic E-state index is 12.2. The molecule has 1 heterocycles. The Morgan fingerprint density at radius 3 is 2.31 bits per heavy atom. The van der Waals surface area contributed by atoms with Gasteiger partial charge in [-0.1, -0.05) is 54.6 Å². The molecule has 0 aromatic heterocycles. The molecule has 1 saturated heterocycles. The second-order valence-electron chi connectivity index (χ2n) is 6.81. The van der Waals surface area contributed by atoms with Crippen molar-refractivity contribution in [2.45, 2.75) is 25.6 Å². The molecule has 32 heavy (non-hydrogen) atoms. The second kappa shape index (κ2) is 11.4. The van der Waals surface area contributed by atoms with Crippen LogP contribution >= 0.6 is 0 Å². The summed E-state index contributed by atoms with van der Waals surface area (Å²) in [6, 6.07) is 15.1. The van der Waals surface area contributed by atoms with Crippen molar-refractivity contribution in [3.63, 3.8) is 0 Å². The summed E-state index contributed by atoms with van der Waals surface area (Å²) in [7, 11) is -4.86. The molecular formula is C20H20N3NaO7S. The smallest absolute Gasteiger partial charge is 0.731 e. The topological polar surface area (TPSA) is 145 Å². The van der Waals surface area contributed by atoms with Crippen molar-refractivity contribution in [2.75, 3.05) is 6.54 Å². The van der Waals surface area contributed by atoms with Gasteiger partial charge in [-0.3, -0.25) is 9.59 Å². The van der Waals surface area contributed by atoms with Gasteiger partial charge in [0.1, 0.15) is 12.6 Å². The molecule has 1 aliphatic rings. The van der Waals surface area contributed by atoms with Gasteiger partial charge in [-0.15, -0.1) is 0 Å². The number of benzene rings is 2. The van der Waals surface area contributed by atoms with Crippen LogP contribution in [0.15, 0.2) is 54.6 Å². The summed E-state index contributed by atoms with van der Waals surface area (Å²) in [5.41, 5.74) is 2.14. The zero-order valence-electron chi connectivity index (χ0n) is 17.3. The number of amides is 3. The first-order valence-electron chi connectivity index (χ1n) is 9.32. The van der Waals surface area contributed by atoms with E-state index in [1.165, 1.54) is 0 Å². The van der Waals surface area contributed by atoms with Gasteiger partial charge >= 0.3 is 35.7 Å². The Bertz CT molecular complexity index is 1080. The minimum Gasteiger partial charge on any atom is -0.731 e. The number of hydrogen-bond donors (Lipinski definition) is 2. The Balaban J connectivity index is 0.00000363. The van der Waals surface area contributed by atoms with Gasteiger partial charge in [-0.2, -0.15) is 0 Å². The van der Waals surface area contributed by atoms with Gasteiger partial charge in [0.05, 0.1) is 13.0 Å². The molecule has 2 aromatic rings. The zero-order chi connectivity index (χ0) is 22.4. The number of ether oxygens (including phenoxy) is 1. The fraction of sp³-hybridized carbons (Fsp3) is 0.250. The van der Waals surface area contributed by atoms with Gasteiger partial charge in [0.15, 0.2) is 10.3 Å². The maximum atomic E-state index is 12.2. The summed E-state index contributed by atoms with van der Waals surface area (Å²) in [6.07, 6.45) is -0.702. The van der Waals surface area contributed by atoms with E-state index >= 15 is 0 Å². The molecule has 3 rings (SSSR count). The molecule has 1 fully saturated rings. The molecule has 12 heteroatoms. The monoisotopic (exact) mass is 469 g/mol. The van der Waals surface area contributed by atoms with Crippen molar-refractivity contribution in [3.8, 4) is 0 Å². The average Bonchev–Trinajstić information content (AvgIpc) is 2.74. The van der Waals surface area contributed by atoms with Crippen LogP contribution in [0, 0.1) is 0 Å². The molecule has 164 valence electrons. The number of carbonyl (C=O) groups is 3. The summed E-state index contributed by atoms with van der Waals surface area (Å²) in [4.78, 5) is 35.9. The molecule has 1 atom stereocenters. The van der Waals surface area contributed by atoms with Crippen LogP contribution < -0.4 is 40.2 Å². The molecule has 1 unspecified atom stereocenters. The van der Waals surface area contributed by atoms with Crippen LogP contribution in [-0.2, 0) is 44.2 Å². The van der Waals surface area contributed by atoms with E-state index in [1.807, 2.05) is 30.3 Å². The molecule has 0 aliphatic carbocycles. The maximum Gasteiger partial charge on any atom is 1.00 e. The third kappa shape index (κ3) is 7.04. The van der Waals surface area contributed by atoms with Crippen molar-refractivity contribution in [1.82, 2.24) is 14.9 Å². The predicted octanol–water partition coefficient (Wildman–Crippen LogP) is -2.55. The molecule has 0 saturated carbocycles. The molecule has 2 aromatic carbocycles. The zero-order valence-corrected chi connectivity index (χ0v) is 20.1. The minimum atomic E-state index is -4.86. The number of nitrogens with zero attached hydrogens (tertiary/aromatic N) is 1. The minimum absolute atomic E-state index is 0. The Morgan fingerprint density at radius 1 is 1.06 bits per heavy atom. The summed E-state index contributed by atoms with van der Waals surface area (Å²) < 4.78 is 37.8. The third-order valence-corrected chi connectivity index (χ3v) is 5.47. The molecule has 3 amide bonds. The number of hydrogen-bond acceptors (Lipinski definition) is 7. The van der Waals surface area contributed by atoms with E-state index in [2.05, 4.69) is 10.6 Å². The Labute approximate surface area is 207 Å². The van der Waals surface area contributed by atoms with Crippen LogP contribution in [0.25, 0.3) is 0 Å². The number of alkyl carbamates (subject to hydrolysis) is 1. The molecule has 2 N–H and O–H groups in total. The number of carbonyl (C=O) groups excluding carboxylic acids is 3. The number of rotatable bonds is 8. The summed E-state index contributed by atoms with van der Waals surface area (Å²) >= 11 is 0. The van der Waals surface area contributed by atoms with E-state index in [-0.39, 0.29) is 60.0 Å². The quantitative estimate of drug-likeness (QED) is 0.246. The van der Waals surface area contributed by atoms with E-state index in [0.29, 0.717) is 11.1 Å². The van der Waals surface area contributed by atoms with Crippen LogP contribution in [0.2, 0.25) is 0 Å². The van der Waals surface area contributed by atoms with Gasteiger partial charge < -0.3 is 19.9 Å². The van der Waals surface area contributed by atoms with E-state index in [9.17, 15) is 27.4 Å². The number of β-lactam (4-membered cyclic amide) rings is 1. The fourth-order valence-corrected chi connectivity index (χ4v) is 3.65. The summed E-state index contributed by atoms with van der Waals surface area (Å²) in [5, 5.41) is 5.02. The van der Waals surface area contributed by atoms with Gasteiger partial charge in [-0.25, -0.2) is 17.5 Å². The molecular weight excluding hydrogens is 449 g/mol. The normalized spacial score (nSPS) is 15.2. The number of nitrogens with one attached hydrogen (secondary N) is 2. The molecule has 1 aliphatic heterocycles. The van der Waals surface area contributed by atoms with Gasteiger partial charge in [-0.05, 0) is 16.7 Å². The van der Waals surface area contributed by atoms with Gasteiger partial charge in [0, 0.05) is 6.54 Å². The van der Waals surface area contributed by atoms with Crippen LogP contribution in [0.3, 0.4) is 0 Å². The molecule has 10 nitrogen and oxygen atoms in total. The van der Waals surface area contributed by atoms with Gasteiger partial charge in [0.2, 0.25) is 5.91 Å². The average molecular weight is 469 g/mol. The van der Waals surface area contributed by atoms with Crippen LogP contribution in [0.5, 0.6) is 0 Å². The summed E-state index contributed by atoms with van der Waals surface area (Å²) in [6.45, 7) is -0.128. The third-order valence-electron chi connectivity index (χ3n) is 4.60. The first-order valence-corrected chi connectivity index (χ1v) is 10.7. The van der Waals surface area contributed by atoms with Crippen molar-refractivity contribution in [2.24, 2.45) is 0 Å². The first-order chi connectivity index (χ1) is 14.7. The van der Waals surface area contributed by atoms with E-state index in [1.54, 1.807) is 24.3 Å². The molecule has 0 radical (unpaired) electrons. The van der Waals surface area contributed by atoms with E-state index in [0.717, 1.165) is 5.56 Å². The molecule has 0 bridgehead atoms. The largest absolute Gasteiger partial charge is 1.00 e. The van der Waals surface area contributed by atoms with Crippen molar-refractivity contribution in [1.29, 1.82) is 0 Å². The van der Waals surface area contributed by atoms with Crippen LogP contribution in [0.4, 0.5) is 4.79 Å². The summed E-state index contributed by atoms with van der Waals surface area (Å²) in [5.74, 6) is -1.47. The predicted molar refractivity (Wildman–Crippen MR) is 107 cm³/mol. The van der Waals surface area contributed by atoms with Gasteiger partial charge in [0.25, 0.3) is 5.91 Å². The van der Waals surface area contributed by atoms with Crippen LogP contribution in [0.1, 0.15) is 16.7 Å². The Hall–Kier alpha value is -2.44. The standard InChI is InChI=1S/C20H21N3O7S.Na/c24-18(22-17-12-23(19(17)25)31(27,28)29)10-15-8-4-5-9-16(15)11-21-20(26)30-13-14-6-2-1-3-7-14;/h1-9,17H,10-13H2,(H,21,26)(H,22,24)(H,27,28,29);/q;+1/p-1. The SMILES string of the molecule is O=C(Cc1ccccc1CNC(=O)OCc1ccccc1)NC1CN(S(=O)(=O)[O-])C1=O.[Na+].